The van der Waals surface area contributed by atoms with Crippen LogP contribution in [-0.4, -0.2) is 51.1 Å². The molecule has 2 N–H and O–H groups in total. The molecule has 5 rings (SSSR count). The number of rotatable bonds is 0. The number of hydrogen-bond donors (Lipinski definition) is 2. The van der Waals surface area contributed by atoms with Crippen molar-refractivity contribution >= 4 is 11.7 Å². The lowest BCUT2D eigenvalue weighted by Crippen LogP contribution is -2.71. The Kier molecular flexibility index (Phi) is 2.70. The molecule has 2 heterocycles. The van der Waals surface area contributed by atoms with E-state index in [4.69, 9.17) is 0 Å². The van der Waals surface area contributed by atoms with E-state index in [0.29, 0.717) is 32.2 Å². The summed E-state index contributed by atoms with van der Waals surface area (Å²) in [5.41, 5.74) is -2.86. The normalized spacial score (nSPS) is 58.7. The number of ketones is 1. The molecular formula is C19H27NO4. The van der Waals surface area contributed by atoms with E-state index in [-0.39, 0.29) is 35.5 Å². The molecule has 132 valence electrons. The van der Waals surface area contributed by atoms with Crippen molar-refractivity contribution in [2.24, 2.45) is 28.6 Å². The smallest absolute Gasteiger partial charge is 0.226 e. The van der Waals surface area contributed by atoms with E-state index in [1.807, 2.05) is 4.90 Å². The first-order valence-corrected chi connectivity index (χ1v) is 9.54. The van der Waals surface area contributed by atoms with Gasteiger partial charge in [0.1, 0.15) is 11.4 Å². The van der Waals surface area contributed by atoms with Crippen LogP contribution in [0.1, 0.15) is 52.4 Å². The Bertz CT molecular complexity index is 649. The third kappa shape index (κ3) is 1.26. The van der Waals surface area contributed by atoms with Gasteiger partial charge in [-0.1, -0.05) is 13.8 Å². The first-order chi connectivity index (χ1) is 11.3. The summed E-state index contributed by atoms with van der Waals surface area (Å²) in [7, 11) is 0. The highest BCUT2D eigenvalue weighted by Gasteiger charge is 2.81. The number of aliphatic hydroxyl groups is 2. The van der Waals surface area contributed by atoms with E-state index >= 15 is 0 Å². The van der Waals surface area contributed by atoms with Gasteiger partial charge in [-0.3, -0.25) is 9.59 Å². The van der Waals surface area contributed by atoms with E-state index in [1.165, 1.54) is 0 Å². The van der Waals surface area contributed by atoms with Crippen LogP contribution in [0.15, 0.2) is 0 Å². The monoisotopic (exact) mass is 333 g/mol. The average molecular weight is 333 g/mol. The van der Waals surface area contributed by atoms with Crippen molar-refractivity contribution in [2.45, 2.75) is 70.1 Å². The molecule has 2 aliphatic heterocycles. The molecule has 3 saturated carbocycles. The second-order valence-corrected chi connectivity index (χ2v) is 9.30. The zero-order chi connectivity index (χ0) is 17.1. The third-order valence-corrected chi connectivity index (χ3v) is 8.83. The molecule has 8 atom stereocenters. The fourth-order valence-corrected chi connectivity index (χ4v) is 7.74. The van der Waals surface area contributed by atoms with E-state index < -0.39 is 22.5 Å². The first kappa shape index (κ1) is 15.3. The van der Waals surface area contributed by atoms with E-state index in [0.717, 1.165) is 12.8 Å². The van der Waals surface area contributed by atoms with Crippen LogP contribution in [0.4, 0.5) is 0 Å². The number of nitrogens with zero attached hydrogens (tertiary/aromatic N) is 1. The van der Waals surface area contributed by atoms with Crippen molar-refractivity contribution in [2.75, 3.05) is 6.54 Å². The molecule has 1 spiro atoms. The molecule has 24 heavy (non-hydrogen) atoms. The molecular weight excluding hydrogens is 306 g/mol. The van der Waals surface area contributed by atoms with Gasteiger partial charge in [0.05, 0.1) is 11.5 Å². The number of hydrogen-bond acceptors (Lipinski definition) is 4. The van der Waals surface area contributed by atoms with Crippen molar-refractivity contribution in [1.82, 2.24) is 4.90 Å². The largest absolute Gasteiger partial charge is 0.390 e. The topological polar surface area (TPSA) is 77.8 Å². The van der Waals surface area contributed by atoms with Crippen LogP contribution in [-0.2, 0) is 9.59 Å². The molecule has 5 aliphatic rings. The van der Waals surface area contributed by atoms with Crippen LogP contribution < -0.4 is 0 Å². The highest BCUT2D eigenvalue weighted by atomic mass is 16.3. The van der Waals surface area contributed by atoms with Crippen molar-refractivity contribution in [3.63, 3.8) is 0 Å². The first-order valence-electron chi connectivity index (χ1n) is 9.54. The lowest BCUT2D eigenvalue weighted by Gasteiger charge is -2.61. The molecule has 2 bridgehead atoms. The second-order valence-electron chi connectivity index (χ2n) is 9.30. The Balaban J connectivity index is 1.82. The minimum absolute atomic E-state index is 0.0452. The Labute approximate surface area is 142 Å². The number of fused-ring (bicyclic) bond motifs is 1. The van der Waals surface area contributed by atoms with Crippen LogP contribution in [0.25, 0.3) is 0 Å². The maximum atomic E-state index is 13.8. The zero-order valence-corrected chi connectivity index (χ0v) is 14.5. The van der Waals surface area contributed by atoms with Gasteiger partial charge in [0, 0.05) is 29.8 Å². The van der Waals surface area contributed by atoms with Gasteiger partial charge in [-0.25, -0.2) is 0 Å². The van der Waals surface area contributed by atoms with Gasteiger partial charge in [0.15, 0.2) is 0 Å². The Morgan fingerprint density at radius 1 is 1.21 bits per heavy atom. The van der Waals surface area contributed by atoms with Gasteiger partial charge >= 0.3 is 0 Å². The zero-order valence-electron chi connectivity index (χ0n) is 14.5. The molecule has 5 heteroatoms. The number of amides is 1. The summed E-state index contributed by atoms with van der Waals surface area (Å²) < 4.78 is 0. The van der Waals surface area contributed by atoms with Crippen molar-refractivity contribution in [1.29, 1.82) is 0 Å². The summed E-state index contributed by atoms with van der Waals surface area (Å²) in [5, 5.41) is 22.3. The van der Waals surface area contributed by atoms with Crippen molar-refractivity contribution < 1.29 is 19.8 Å². The molecule has 0 aromatic rings. The van der Waals surface area contributed by atoms with E-state index in [2.05, 4.69) is 13.8 Å². The van der Waals surface area contributed by atoms with Gasteiger partial charge in [-0.2, -0.15) is 0 Å². The van der Waals surface area contributed by atoms with Crippen LogP contribution in [0.5, 0.6) is 0 Å². The summed E-state index contributed by atoms with van der Waals surface area (Å²) in [6, 6.07) is 0.0452. The number of Topliss-reactive ketones (excluding diaryl/α,β-unsaturated/α-hetero) is 1. The lowest BCUT2D eigenvalue weighted by atomic mass is 9.43. The number of piperidine rings is 1. The molecule has 0 radical (unpaired) electrons. The molecule has 0 aromatic heterocycles. The van der Waals surface area contributed by atoms with Gasteiger partial charge in [-0.15, -0.1) is 0 Å². The minimum atomic E-state index is -1.36. The molecule has 0 aromatic carbocycles. The van der Waals surface area contributed by atoms with E-state index in [1.54, 1.807) is 0 Å². The number of aliphatic hydroxyl groups excluding tert-OH is 1. The maximum Gasteiger partial charge on any atom is 0.226 e. The highest BCUT2D eigenvalue weighted by Crippen LogP contribution is 2.72. The second kappa shape index (κ2) is 4.24. The summed E-state index contributed by atoms with van der Waals surface area (Å²) in [6.07, 6.45) is 2.75. The maximum absolute atomic E-state index is 13.8. The molecule has 3 aliphatic carbocycles. The highest BCUT2D eigenvalue weighted by molar-refractivity contribution is 5.96. The molecule has 1 amide bonds. The summed E-state index contributed by atoms with van der Waals surface area (Å²) in [5.74, 6) is 0.207. The van der Waals surface area contributed by atoms with Gasteiger partial charge in [-0.05, 0) is 44.4 Å². The Hall–Kier alpha value is -0.940. The fraction of sp³-hybridized carbons (Fsp3) is 0.895. The van der Waals surface area contributed by atoms with Crippen LogP contribution in [0.3, 0.4) is 0 Å². The lowest BCUT2D eigenvalue weighted by molar-refractivity contribution is -0.209. The third-order valence-electron chi connectivity index (χ3n) is 8.83. The summed E-state index contributed by atoms with van der Waals surface area (Å²) >= 11 is 0. The van der Waals surface area contributed by atoms with Gasteiger partial charge in [0.25, 0.3) is 0 Å². The number of carbonyl (C=O) groups is 2. The number of carbonyl (C=O) groups excluding carboxylic acids is 2. The quantitative estimate of drug-likeness (QED) is 0.696. The molecule has 5 fully saturated rings. The van der Waals surface area contributed by atoms with Crippen LogP contribution in [0.2, 0.25) is 0 Å². The Morgan fingerprint density at radius 3 is 2.71 bits per heavy atom. The van der Waals surface area contributed by atoms with Gasteiger partial charge in [0.2, 0.25) is 5.91 Å². The van der Waals surface area contributed by atoms with Gasteiger partial charge < -0.3 is 15.1 Å². The summed E-state index contributed by atoms with van der Waals surface area (Å²) in [4.78, 5) is 29.0. The molecule has 2 unspecified atom stereocenters. The predicted octanol–water partition coefficient (Wildman–Crippen LogP) is 1.11. The predicted molar refractivity (Wildman–Crippen MR) is 85.9 cm³/mol. The SMILES string of the molecule is C[C@@H]1CN2C(=O)[C@H]3CCC[C@]4(O)[C@@H](O)CC[C@@]45C(=O)C1CC2[C@@]35C. The van der Waals surface area contributed by atoms with Crippen LogP contribution >= 0.6 is 0 Å². The molecule has 2 saturated heterocycles. The van der Waals surface area contributed by atoms with Crippen molar-refractivity contribution in [3.05, 3.63) is 0 Å². The average Bonchev–Trinajstić information content (AvgIpc) is 2.87. The van der Waals surface area contributed by atoms with Crippen LogP contribution in [0, 0.1) is 28.6 Å². The minimum Gasteiger partial charge on any atom is -0.390 e. The summed E-state index contributed by atoms with van der Waals surface area (Å²) in [6.45, 7) is 4.81. The molecule has 5 nitrogen and oxygen atoms in total. The fourth-order valence-electron chi connectivity index (χ4n) is 7.74. The van der Waals surface area contributed by atoms with Crippen molar-refractivity contribution in [3.8, 4) is 0 Å². The van der Waals surface area contributed by atoms with E-state index in [9.17, 15) is 19.8 Å². The Morgan fingerprint density at radius 2 is 1.96 bits per heavy atom. The standard InChI is InChI=1S/C19H27NO4/c1-10-9-20-13-8-11(10)15(22)18-7-5-14(21)19(18,24)6-3-4-12(16(20)23)17(13,18)2/h10-14,21,24H,3-9H2,1-2H3/t10-,11?,12-,13?,14+,17-,18+,19+/m1/s1.